The van der Waals surface area contributed by atoms with Gasteiger partial charge in [0.05, 0.1) is 18.4 Å². The zero-order valence-electron chi connectivity index (χ0n) is 16.8. The fourth-order valence-electron chi connectivity index (χ4n) is 3.58. The van der Waals surface area contributed by atoms with Crippen LogP contribution in [-0.4, -0.2) is 45.2 Å². The SMILES string of the molecule is CS(=O)(=O)N=C(OOCC1CN(Cc2ccccc2)C1)c1cc(C2CC2)ccc1F. The van der Waals surface area contributed by atoms with Gasteiger partial charge in [0.15, 0.2) is 0 Å². The number of hydrogen-bond donors (Lipinski definition) is 0. The van der Waals surface area contributed by atoms with Crippen molar-refractivity contribution in [2.45, 2.75) is 25.3 Å². The molecule has 1 aliphatic heterocycles. The number of nitrogens with zero attached hydrogens (tertiary/aromatic N) is 2. The third-order valence-electron chi connectivity index (χ3n) is 5.24. The predicted octanol–water partition coefficient (Wildman–Crippen LogP) is 3.49. The largest absolute Gasteiger partial charge is 0.315 e. The molecular weight excluding hydrogens is 407 g/mol. The van der Waals surface area contributed by atoms with E-state index < -0.39 is 15.8 Å². The van der Waals surface area contributed by atoms with E-state index in [1.54, 1.807) is 12.1 Å². The number of benzene rings is 2. The van der Waals surface area contributed by atoms with Gasteiger partial charge in [0.2, 0.25) is 0 Å². The molecule has 6 nitrogen and oxygen atoms in total. The average Bonchev–Trinajstić information content (AvgIpc) is 3.50. The first-order chi connectivity index (χ1) is 14.4. The van der Waals surface area contributed by atoms with Gasteiger partial charge < -0.3 is 4.89 Å². The molecule has 30 heavy (non-hydrogen) atoms. The van der Waals surface area contributed by atoms with E-state index in [-0.39, 0.29) is 24.0 Å². The number of halogens is 1. The predicted molar refractivity (Wildman–Crippen MR) is 112 cm³/mol. The maximum atomic E-state index is 14.4. The lowest BCUT2D eigenvalue weighted by atomic mass is 10.0. The standard InChI is InChI=1S/C22H25FN2O4S/c1-30(26,27)24-22(20-11-19(18-7-8-18)9-10-21(20)23)29-28-15-17-13-25(14-17)12-16-5-3-2-4-6-16/h2-6,9-11,17-18H,7-8,12-15H2,1H3. The molecule has 2 aromatic rings. The summed E-state index contributed by atoms with van der Waals surface area (Å²) >= 11 is 0. The van der Waals surface area contributed by atoms with Crippen molar-refractivity contribution in [3.05, 3.63) is 71.0 Å². The van der Waals surface area contributed by atoms with Crippen molar-refractivity contribution in [3.63, 3.8) is 0 Å². The van der Waals surface area contributed by atoms with Crippen molar-refractivity contribution in [1.29, 1.82) is 0 Å². The minimum absolute atomic E-state index is 0.00383. The summed E-state index contributed by atoms with van der Waals surface area (Å²) < 4.78 is 41.3. The first kappa shape index (κ1) is 21.0. The highest BCUT2D eigenvalue weighted by atomic mass is 32.2. The summed E-state index contributed by atoms with van der Waals surface area (Å²) in [6.07, 6.45) is 3.02. The van der Waals surface area contributed by atoms with Crippen LogP contribution in [0.4, 0.5) is 4.39 Å². The van der Waals surface area contributed by atoms with Crippen LogP contribution in [0.3, 0.4) is 0 Å². The molecule has 0 spiro atoms. The molecule has 0 radical (unpaired) electrons. The van der Waals surface area contributed by atoms with Gasteiger partial charge >= 0.3 is 0 Å². The van der Waals surface area contributed by atoms with Gasteiger partial charge in [-0.1, -0.05) is 36.4 Å². The van der Waals surface area contributed by atoms with Crippen molar-refractivity contribution in [1.82, 2.24) is 4.90 Å². The van der Waals surface area contributed by atoms with Gasteiger partial charge in [-0.3, -0.25) is 4.90 Å². The fourth-order valence-corrected chi connectivity index (χ4v) is 4.01. The molecular formula is C22H25FN2O4S. The Labute approximate surface area is 176 Å². The molecule has 8 heteroatoms. The Balaban J connectivity index is 1.34. The van der Waals surface area contributed by atoms with Gasteiger partial charge in [-0.15, -0.1) is 4.40 Å². The number of rotatable bonds is 8. The molecule has 1 saturated heterocycles. The van der Waals surface area contributed by atoms with E-state index in [2.05, 4.69) is 21.4 Å². The molecule has 2 aromatic carbocycles. The first-order valence-corrected chi connectivity index (χ1v) is 11.9. The molecule has 2 aliphatic rings. The summed E-state index contributed by atoms with van der Waals surface area (Å²) in [4.78, 5) is 12.8. The molecule has 0 N–H and O–H groups in total. The Kier molecular flexibility index (Phi) is 6.17. The summed E-state index contributed by atoms with van der Waals surface area (Å²) in [6.45, 7) is 2.85. The van der Waals surface area contributed by atoms with E-state index in [4.69, 9.17) is 9.78 Å². The highest BCUT2D eigenvalue weighted by molar-refractivity contribution is 7.89. The van der Waals surface area contributed by atoms with Crippen molar-refractivity contribution >= 4 is 15.9 Å². The van der Waals surface area contributed by atoms with Gasteiger partial charge in [-0.2, -0.15) is 4.89 Å². The van der Waals surface area contributed by atoms with Crippen LogP contribution in [0.5, 0.6) is 0 Å². The summed E-state index contributed by atoms with van der Waals surface area (Å²) in [5.41, 5.74) is 2.21. The van der Waals surface area contributed by atoms with Crippen LogP contribution in [0.25, 0.3) is 0 Å². The minimum atomic E-state index is -3.78. The van der Waals surface area contributed by atoms with Crippen LogP contribution in [0.1, 0.15) is 35.4 Å². The van der Waals surface area contributed by atoms with Crippen LogP contribution in [0, 0.1) is 11.7 Å². The van der Waals surface area contributed by atoms with Crippen molar-refractivity contribution in [2.75, 3.05) is 26.0 Å². The smallest absolute Gasteiger partial charge is 0.277 e. The van der Waals surface area contributed by atoms with Gasteiger partial charge in [0.25, 0.3) is 15.9 Å². The highest BCUT2D eigenvalue weighted by Crippen LogP contribution is 2.40. The Morgan fingerprint density at radius 3 is 2.57 bits per heavy atom. The molecule has 4 rings (SSSR count). The first-order valence-electron chi connectivity index (χ1n) is 10.0. The van der Waals surface area contributed by atoms with E-state index >= 15 is 0 Å². The number of hydrogen-bond acceptors (Lipinski definition) is 5. The molecule has 1 saturated carbocycles. The second kappa shape index (κ2) is 8.83. The molecule has 1 aliphatic carbocycles. The second-order valence-corrected chi connectivity index (χ2v) is 9.71. The molecule has 0 aromatic heterocycles. The van der Waals surface area contributed by atoms with E-state index in [0.717, 1.165) is 44.3 Å². The van der Waals surface area contributed by atoms with Gasteiger partial charge in [0, 0.05) is 25.6 Å². The van der Waals surface area contributed by atoms with Crippen molar-refractivity contribution in [2.24, 2.45) is 10.3 Å². The highest BCUT2D eigenvalue weighted by Gasteiger charge is 2.28. The Morgan fingerprint density at radius 2 is 1.90 bits per heavy atom. The molecule has 1 heterocycles. The normalized spacial score (nSPS) is 18.3. The monoisotopic (exact) mass is 432 g/mol. The lowest BCUT2D eigenvalue weighted by Gasteiger charge is -2.38. The minimum Gasteiger partial charge on any atom is -0.315 e. The maximum absolute atomic E-state index is 14.4. The van der Waals surface area contributed by atoms with E-state index in [0.29, 0.717) is 5.92 Å². The fraction of sp³-hybridized carbons (Fsp3) is 0.409. The van der Waals surface area contributed by atoms with Crippen LogP contribution in [0.15, 0.2) is 52.9 Å². The number of likely N-dealkylation sites (tertiary alicyclic amines) is 1. The molecule has 0 bridgehead atoms. The third-order valence-corrected chi connectivity index (χ3v) is 5.74. The zero-order chi connectivity index (χ0) is 21.1. The Hall–Kier alpha value is -2.29. The van der Waals surface area contributed by atoms with Crippen LogP contribution in [-0.2, 0) is 26.3 Å². The lowest BCUT2D eigenvalue weighted by molar-refractivity contribution is -0.238. The van der Waals surface area contributed by atoms with E-state index in [1.807, 2.05) is 18.2 Å². The van der Waals surface area contributed by atoms with Gasteiger partial charge in [-0.25, -0.2) is 12.8 Å². The quantitative estimate of drug-likeness (QED) is 0.276. The number of sulfonamides is 1. The van der Waals surface area contributed by atoms with E-state index in [1.165, 1.54) is 11.6 Å². The average molecular weight is 433 g/mol. The molecule has 160 valence electrons. The molecule has 0 unspecified atom stereocenters. The Bertz CT molecular complexity index is 1020. The molecule has 0 amide bonds. The van der Waals surface area contributed by atoms with E-state index in [9.17, 15) is 12.8 Å². The summed E-state index contributed by atoms with van der Waals surface area (Å²) in [5, 5.41) is 0. The van der Waals surface area contributed by atoms with Crippen LogP contribution < -0.4 is 0 Å². The van der Waals surface area contributed by atoms with Gasteiger partial charge in [0.1, 0.15) is 5.82 Å². The topological polar surface area (TPSA) is 68.2 Å². The Morgan fingerprint density at radius 1 is 1.17 bits per heavy atom. The third kappa shape index (κ3) is 5.65. The molecule has 2 fully saturated rings. The summed E-state index contributed by atoms with van der Waals surface area (Å²) in [7, 11) is -3.78. The summed E-state index contributed by atoms with van der Waals surface area (Å²) in [6, 6.07) is 14.8. The lowest BCUT2D eigenvalue weighted by Crippen LogP contribution is -2.48. The molecule has 0 atom stereocenters. The van der Waals surface area contributed by atoms with Crippen molar-refractivity contribution < 1.29 is 22.6 Å². The van der Waals surface area contributed by atoms with Crippen molar-refractivity contribution in [3.8, 4) is 0 Å². The van der Waals surface area contributed by atoms with Gasteiger partial charge in [-0.05, 0) is 42.0 Å². The van der Waals surface area contributed by atoms with Crippen LogP contribution >= 0.6 is 0 Å². The van der Waals surface area contributed by atoms with Crippen LogP contribution in [0.2, 0.25) is 0 Å². The second-order valence-electron chi connectivity index (χ2n) is 8.06. The zero-order valence-corrected chi connectivity index (χ0v) is 17.6. The maximum Gasteiger partial charge on any atom is 0.277 e. The summed E-state index contributed by atoms with van der Waals surface area (Å²) in [5.74, 6) is -0.313.